The van der Waals surface area contributed by atoms with Crippen LogP contribution in [-0.2, 0) is 17.6 Å². The van der Waals surface area contributed by atoms with Gasteiger partial charge in [0.05, 0.1) is 18.6 Å². The van der Waals surface area contributed by atoms with Gasteiger partial charge >= 0.3 is 0 Å². The third kappa shape index (κ3) is 6.27. The number of aryl methyl sites for hydroxylation is 2. The predicted octanol–water partition coefficient (Wildman–Crippen LogP) is 5.06. The van der Waals surface area contributed by atoms with Crippen LogP contribution in [0.25, 0.3) is 0 Å². The summed E-state index contributed by atoms with van der Waals surface area (Å²) in [5.74, 6) is 0. The van der Waals surface area contributed by atoms with Crippen LogP contribution in [0, 0.1) is 6.92 Å². The fourth-order valence-corrected chi connectivity index (χ4v) is 3.31. The number of benzene rings is 1. The average molecular weight is 331 g/mol. The molecule has 0 aromatic heterocycles. The Hall–Kier alpha value is -1.35. The Labute approximate surface area is 148 Å². The second kappa shape index (κ2) is 10.5. The first-order valence-corrected chi connectivity index (χ1v) is 9.65. The van der Waals surface area contributed by atoms with E-state index in [1.54, 1.807) is 0 Å². The van der Waals surface area contributed by atoms with E-state index in [2.05, 4.69) is 37.9 Å². The van der Waals surface area contributed by atoms with Gasteiger partial charge in [-0.25, -0.2) is 4.99 Å². The Morgan fingerprint density at radius 3 is 2.62 bits per heavy atom. The first-order chi connectivity index (χ1) is 11.7. The number of ether oxygens (including phenoxy) is 1. The normalized spacial score (nSPS) is 17.1. The van der Waals surface area contributed by atoms with Crippen molar-refractivity contribution in [3.8, 4) is 0 Å². The van der Waals surface area contributed by atoms with Gasteiger partial charge in [0.15, 0.2) is 0 Å². The molecule has 0 radical (unpaired) electrons. The van der Waals surface area contributed by atoms with Crippen LogP contribution in [0.3, 0.4) is 0 Å². The van der Waals surface area contributed by atoms with Gasteiger partial charge in [0.1, 0.15) is 0 Å². The maximum absolute atomic E-state index is 5.82. The molecular weight excluding hydrogens is 296 g/mol. The Bertz CT molecular complexity index is 525. The van der Waals surface area contributed by atoms with Gasteiger partial charge in [-0.15, -0.1) is 0 Å². The number of aliphatic imine (C=N–C) groups is 1. The summed E-state index contributed by atoms with van der Waals surface area (Å²) in [4.78, 5) is 6.88. The lowest BCUT2D eigenvalue weighted by Gasteiger charge is -2.15. The molecule has 0 aliphatic carbocycles. The standard InChI is InChI=1S/C21H34N2O/c1-4-12-23(3)17-22-21-16-20-11-14-24-13-9-7-5-6-8-10-19(20)15-18(21)2/h15-17H,4-14H2,1-3H3. The van der Waals surface area contributed by atoms with Gasteiger partial charge in [-0.1, -0.05) is 32.3 Å². The van der Waals surface area contributed by atoms with Crippen molar-refractivity contribution in [1.29, 1.82) is 0 Å². The molecule has 2 rings (SSSR count). The molecule has 24 heavy (non-hydrogen) atoms. The van der Waals surface area contributed by atoms with E-state index >= 15 is 0 Å². The maximum atomic E-state index is 5.82. The van der Waals surface area contributed by atoms with E-state index in [0.29, 0.717) is 0 Å². The summed E-state index contributed by atoms with van der Waals surface area (Å²) in [5, 5.41) is 0. The van der Waals surface area contributed by atoms with Crippen LogP contribution in [0.15, 0.2) is 17.1 Å². The number of fused-ring (bicyclic) bond motifs is 1. The van der Waals surface area contributed by atoms with E-state index in [0.717, 1.165) is 38.3 Å². The Balaban J connectivity index is 2.15. The third-order valence-corrected chi connectivity index (χ3v) is 4.74. The Morgan fingerprint density at radius 2 is 1.79 bits per heavy atom. The van der Waals surface area contributed by atoms with Crippen LogP contribution in [0.1, 0.15) is 62.1 Å². The van der Waals surface area contributed by atoms with Crippen molar-refractivity contribution in [2.75, 3.05) is 26.8 Å². The third-order valence-electron chi connectivity index (χ3n) is 4.74. The van der Waals surface area contributed by atoms with E-state index < -0.39 is 0 Å². The zero-order valence-electron chi connectivity index (χ0n) is 15.8. The van der Waals surface area contributed by atoms with Crippen molar-refractivity contribution < 1.29 is 4.74 Å². The molecule has 1 aromatic rings. The molecule has 0 unspecified atom stereocenters. The molecule has 0 spiro atoms. The van der Waals surface area contributed by atoms with E-state index in [1.807, 2.05) is 6.34 Å². The molecule has 0 amide bonds. The lowest BCUT2D eigenvalue weighted by atomic mass is 9.95. The summed E-state index contributed by atoms with van der Waals surface area (Å²) < 4.78 is 5.82. The Morgan fingerprint density at radius 1 is 1.04 bits per heavy atom. The van der Waals surface area contributed by atoms with E-state index in [1.165, 1.54) is 55.2 Å². The molecule has 1 aromatic carbocycles. The number of hydrogen-bond donors (Lipinski definition) is 0. The number of hydrogen-bond acceptors (Lipinski definition) is 2. The second-order valence-corrected chi connectivity index (χ2v) is 7.01. The quantitative estimate of drug-likeness (QED) is 0.569. The van der Waals surface area contributed by atoms with Crippen LogP contribution in [0.2, 0.25) is 0 Å². The topological polar surface area (TPSA) is 24.8 Å². The fraction of sp³-hybridized carbons (Fsp3) is 0.667. The maximum Gasteiger partial charge on any atom is 0.0909 e. The molecule has 0 saturated carbocycles. The van der Waals surface area contributed by atoms with E-state index in [9.17, 15) is 0 Å². The van der Waals surface area contributed by atoms with Gasteiger partial charge in [-0.2, -0.15) is 0 Å². The molecule has 0 fully saturated rings. The molecule has 0 saturated heterocycles. The summed E-state index contributed by atoms with van der Waals surface area (Å²) in [7, 11) is 2.09. The first kappa shape index (κ1) is 19.0. The zero-order valence-corrected chi connectivity index (χ0v) is 15.8. The SMILES string of the molecule is CCCN(C)C=Nc1cc2c(cc1C)CCCCCCCOCC2. The molecule has 0 atom stereocenters. The van der Waals surface area contributed by atoms with E-state index in [-0.39, 0.29) is 0 Å². The summed E-state index contributed by atoms with van der Waals surface area (Å²) in [6.07, 6.45) is 11.8. The molecule has 1 aliphatic rings. The van der Waals surface area contributed by atoms with Crippen molar-refractivity contribution in [2.45, 2.75) is 65.2 Å². The Kier molecular flexibility index (Phi) is 8.31. The lowest BCUT2D eigenvalue weighted by Crippen LogP contribution is -2.16. The predicted molar refractivity (Wildman–Crippen MR) is 104 cm³/mol. The summed E-state index contributed by atoms with van der Waals surface area (Å²) in [6, 6.07) is 4.64. The molecule has 134 valence electrons. The molecule has 3 nitrogen and oxygen atoms in total. The number of nitrogens with zero attached hydrogens (tertiary/aromatic N) is 2. The van der Waals surface area contributed by atoms with Crippen LogP contribution in [0.5, 0.6) is 0 Å². The summed E-state index contributed by atoms with van der Waals surface area (Å²) in [5.41, 5.74) is 5.30. The van der Waals surface area contributed by atoms with Gasteiger partial charge in [-0.05, 0) is 61.8 Å². The average Bonchev–Trinajstić information content (AvgIpc) is 2.55. The molecule has 0 bridgehead atoms. The fourth-order valence-electron chi connectivity index (χ4n) is 3.31. The molecular formula is C21H34N2O. The van der Waals surface area contributed by atoms with Gasteiger partial charge < -0.3 is 9.64 Å². The van der Waals surface area contributed by atoms with Crippen LogP contribution < -0.4 is 0 Å². The van der Waals surface area contributed by atoms with Gasteiger partial charge in [-0.3, -0.25) is 0 Å². The number of rotatable bonds is 4. The van der Waals surface area contributed by atoms with Gasteiger partial charge in [0, 0.05) is 20.2 Å². The molecule has 3 heteroatoms. The van der Waals surface area contributed by atoms with Crippen LogP contribution in [0.4, 0.5) is 5.69 Å². The molecule has 1 heterocycles. The largest absolute Gasteiger partial charge is 0.381 e. The second-order valence-electron chi connectivity index (χ2n) is 7.01. The van der Waals surface area contributed by atoms with Gasteiger partial charge in [0.25, 0.3) is 0 Å². The highest BCUT2D eigenvalue weighted by Gasteiger charge is 2.08. The molecule has 0 N–H and O–H groups in total. The van der Waals surface area contributed by atoms with E-state index in [4.69, 9.17) is 9.73 Å². The summed E-state index contributed by atoms with van der Waals surface area (Å²) >= 11 is 0. The minimum atomic E-state index is 0.828. The minimum absolute atomic E-state index is 0.828. The van der Waals surface area contributed by atoms with Crippen molar-refractivity contribution in [1.82, 2.24) is 4.90 Å². The smallest absolute Gasteiger partial charge is 0.0909 e. The highest BCUT2D eigenvalue weighted by atomic mass is 16.5. The zero-order chi connectivity index (χ0) is 17.2. The first-order valence-electron chi connectivity index (χ1n) is 9.65. The minimum Gasteiger partial charge on any atom is -0.381 e. The van der Waals surface area contributed by atoms with Gasteiger partial charge in [0.2, 0.25) is 0 Å². The lowest BCUT2D eigenvalue weighted by molar-refractivity contribution is 0.132. The van der Waals surface area contributed by atoms with Crippen molar-refractivity contribution in [2.24, 2.45) is 4.99 Å². The van der Waals surface area contributed by atoms with Crippen LogP contribution >= 0.6 is 0 Å². The highest BCUT2D eigenvalue weighted by molar-refractivity contribution is 5.64. The van der Waals surface area contributed by atoms with Crippen molar-refractivity contribution >= 4 is 12.0 Å². The monoisotopic (exact) mass is 330 g/mol. The molecule has 1 aliphatic heterocycles. The summed E-state index contributed by atoms with van der Waals surface area (Å²) in [6.45, 7) is 7.15. The van der Waals surface area contributed by atoms with Crippen LogP contribution in [-0.4, -0.2) is 38.0 Å². The highest BCUT2D eigenvalue weighted by Crippen LogP contribution is 2.26. The van der Waals surface area contributed by atoms with Crippen molar-refractivity contribution in [3.63, 3.8) is 0 Å². The van der Waals surface area contributed by atoms with Crippen molar-refractivity contribution in [3.05, 3.63) is 28.8 Å².